The highest BCUT2D eigenvalue weighted by atomic mass is 19.1. The Balaban J connectivity index is 1.28. The maximum absolute atomic E-state index is 15.5. The van der Waals surface area contributed by atoms with E-state index in [0.29, 0.717) is 17.9 Å². The van der Waals surface area contributed by atoms with Gasteiger partial charge in [-0.05, 0) is 43.0 Å². The minimum atomic E-state index is -1.13. The first-order valence-corrected chi connectivity index (χ1v) is 20.3. The molecule has 6 aromatic rings. The Kier molecular flexibility index (Phi) is 14.7. The van der Waals surface area contributed by atoms with Crippen LogP contribution in [-0.4, -0.2) is 54.2 Å². The molecule has 9 nitrogen and oxygen atoms in total. The van der Waals surface area contributed by atoms with E-state index < -0.39 is 42.3 Å². The number of methoxy groups -OCH3 is 1. The highest BCUT2D eigenvalue weighted by Crippen LogP contribution is 2.36. The number of benzene rings is 5. The van der Waals surface area contributed by atoms with E-state index in [2.05, 4.69) is 0 Å². The van der Waals surface area contributed by atoms with Gasteiger partial charge in [0.25, 0.3) is 0 Å². The van der Waals surface area contributed by atoms with Crippen molar-refractivity contribution in [2.45, 2.75) is 90.4 Å². The van der Waals surface area contributed by atoms with Crippen molar-refractivity contribution in [3.63, 3.8) is 0 Å². The van der Waals surface area contributed by atoms with Crippen molar-refractivity contribution in [2.24, 2.45) is 0 Å². The molecule has 0 radical (unpaired) electrons. The van der Waals surface area contributed by atoms with Crippen LogP contribution in [0.5, 0.6) is 11.6 Å². The first-order chi connectivity index (χ1) is 29.3. The highest BCUT2D eigenvalue weighted by Gasteiger charge is 2.50. The second kappa shape index (κ2) is 20.7. The molecular weight excluding hydrogens is 767 g/mol. The van der Waals surface area contributed by atoms with Crippen LogP contribution in [0, 0.1) is 18.6 Å². The summed E-state index contributed by atoms with van der Waals surface area (Å²) in [5.41, 5.74) is 4.91. The fourth-order valence-corrected chi connectivity index (χ4v) is 7.32. The molecule has 1 saturated heterocycles. The predicted octanol–water partition coefficient (Wildman–Crippen LogP) is 9.73. The molecule has 1 fully saturated rings. The predicted molar refractivity (Wildman–Crippen MR) is 224 cm³/mol. The van der Waals surface area contributed by atoms with Crippen molar-refractivity contribution < 1.29 is 41.9 Å². The molecule has 7 rings (SSSR count). The first kappa shape index (κ1) is 42.7. The molecule has 0 saturated carbocycles. The third-order valence-corrected chi connectivity index (χ3v) is 10.5. The molecule has 1 aliphatic heterocycles. The summed E-state index contributed by atoms with van der Waals surface area (Å²) in [5, 5.41) is 4.87. The maximum Gasteiger partial charge on any atom is 0.239 e. The molecule has 5 atom stereocenters. The molecule has 1 aromatic heterocycles. The van der Waals surface area contributed by atoms with Gasteiger partial charge in [0.1, 0.15) is 41.8 Å². The molecule has 0 spiro atoms. The van der Waals surface area contributed by atoms with E-state index in [9.17, 15) is 0 Å². The molecule has 60 heavy (non-hydrogen) atoms. The molecule has 0 bridgehead atoms. The van der Waals surface area contributed by atoms with Gasteiger partial charge in [0.15, 0.2) is 0 Å². The summed E-state index contributed by atoms with van der Waals surface area (Å²) in [7, 11) is 1.37. The van der Waals surface area contributed by atoms with Gasteiger partial charge in [0.05, 0.1) is 40.1 Å². The van der Waals surface area contributed by atoms with Crippen LogP contribution < -0.4 is 9.47 Å². The molecule has 0 N–H and O–H groups in total. The Labute approximate surface area is 350 Å². The molecule has 0 amide bonds. The van der Waals surface area contributed by atoms with E-state index in [0.717, 1.165) is 22.3 Å². The Morgan fingerprint density at radius 3 is 1.58 bits per heavy atom. The Hall–Kier alpha value is -5.43. The van der Waals surface area contributed by atoms with E-state index >= 15 is 8.78 Å². The van der Waals surface area contributed by atoms with Gasteiger partial charge in [-0.3, -0.25) is 4.68 Å². The van der Waals surface area contributed by atoms with E-state index in [1.807, 2.05) is 142 Å². The largest absolute Gasteiger partial charge is 0.497 e. The zero-order valence-electron chi connectivity index (χ0n) is 34.4. The van der Waals surface area contributed by atoms with Crippen LogP contribution in [-0.2, 0) is 56.5 Å². The molecule has 2 heterocycles. The van der Waals surface area contributed by atoms with Crippen LogP contribution in [0.25, 0.3) is 0 Å². The lowest BCUT2D eigenvalue weighted by atomic mass is 9.97. The summed E-state index contributed by atoms with van der Waals surface area (Å²) >= 11 is 0. The summed E-state index contributed by atoms with van der Waals surface area (Å²) < 4.78 is 78.5. The van der Waals surface area contributed by atoms with Crippen molar-refractivity contribution in [3.8, 4) is 11.6 Å². The van der Waals surface area contributed by atoms with Crippen LogP contribution in [0.1, 0.15) is 59.0 Å². The standard InChI is InChI=1S/C49H52F2N2O7/c1-33(2)53-34(3)40(27-41-42(50)25-39(54-4)26-43(41)51)48(52-53)60-49-47(58-31-38-23-15-8-16-24-38)46(57-30-37-21-13-7-14-22-37)45(56-29-36-19-11-6-12-20-36)44(59-49)32-55-28-35-17-9-5-10-18-35/h5-26,33,44-47,49H,27-32H2,1-4H3/t44-,45-,46+,47-,49?/m1/s1. The van der Waals surface area contributed by atoms with Crippen LogP contribution in [0.3, 0.4) is 0 Å². The lowest BCUT2D eigenvalue weighted by molar-refractivity contribution is -0.310. The van der Waals surface area contributed by atoms with Gasteiger partial charge < -0.3 is 33.2 Å². The van der Waals surface area contributed by atoms with Crippen molar-refractivity contribution in [2.75, 3.05) is 13.7 Å². The summed E-state index contributed by atoms with van der Waals surface area (Å²) in [5.74, 6) is -1.24. The van der Waals surface area contributed by atoms with Crippen LogP contribution in [0.2, 0.25) is 0 Å². The topological polar surface area (TPSA) is 82.4 Å². The van der Waals surface area contributed by atoms with Gasteiger partial charge >= 0.3 is 0 Å². The van der Waals surface area contributed by atoms with Crippen molar-refractivity contribution in [1.29, 1.82) is 0 Å². The number of nitrogens with zero attached hydrogens (tertiary/aromatic N) is 2. The van der Waals surface area contributed by atoms with E-state index in [4.69, 9.17) is 38.3 Å². The number of hydrogen-bond donors (Lipinski definition) is 0. The third-order valence-electron chi connectivity index (χ3n) is 10.5. The molecule has 11 heteroatoms. The number of ether oxygens (including phenoxy) is 7. The lowest BCUT2D eigenvalue weighted by Gasteiger charge is -2.45. The highest BCUT2D eigenvalue weighted by molar-refractivity contribution is 5.40. The van der Waals surface area contributed by atoms with E-state index in [-0.39, 0.29) is 56.1 Å². The fraction of sp³-hybridized carbons (Fsp3) is 0.327. The smallest absolute Gasteiger partial charge is 0.239 e. The summed E-state index contributed by atoms with van der Waals surface area (Å²) in [6.45, 7) is 7.00. The molecule has 5 aromatic carbocycles. The first-order valence-electron chi connectivity index (χ1n) is 20.3. The minimum Gasteiger partial charge on any atom is -0.497 e. The minimum absolute atomic E-state index is 0.0833. The van der Waals surface area contributed by atoms with Crippen molar-refractivity contribution in [3.05, 3.63) is 184 Å². The molecule has 1 aliphatic rings. The average molecular weight is 819 g/mol. The monoisotopic (exact) mass is 818 g/mol. The van der Waals surface area contributed by atoms with Gasteiger partial charge in [0.2, 0.25) is 12.2 Å². The average Bonchev–Trinajstić information content (AvgIpc) is 3.58. The van der Waals surface area contributed by atoms with Crippen LogP contribution in [0.4, 0.5) is 8.78 Å². The number of halogens is 2. The van der Waals surface area contributed by atoms with Crippen LogP contribution >= 0.6 is 0 Å². The van der Waals surface area contributed by atoms with E-state index in [1.165, 1.54) is 19.2 Å². The number of aromatic nitrogens is 2. The van der Waals surface area contributed by atoms with Crippen molar-refractivity contribution in [1.82, 2.24) is 9.78 Å². The second-order valence-electron chi connectivity index (χ2n) is 15.1. The fourth-order valence-electron chi connectivity index (χ4n) is 7.32. The summed E-state index contributed by atoms with van der Waals surface area (Å²) in [6, 6.07) is 41.7. The van der Waals surface area contributed by atoms with Gasteiger partial charge in [-0.1, -0.05) is 121 Å². The summed E-state index contributed by atoms with van der Waals surface area (Å²) in [6.07, 6.45) is -4.31. The third kappa shape index (κ3) is 10.8. The van der Waals surface area contributed by atoms with Gasteiger partial charge in [-0.2, -0.15) is 0 Å². The SMILES string of the molecule is COc1cc(F)c(Cc2c(OC3O[C@H](COCc4ccccc4)[C@@H](OCc4ccccc4)[C@H](OCc4ccccc4)[C@H]3OCc3ccccc3)nn(C(C)C)c2C)c(F)c1. The van der Waals surface area contributed by atoms with Crippen LogP contribution in [0.15, 0.2) is 133 Å². The molecule has 1 unspecified atom stereocenters. The van der Waals surface area contributed by atoms with E-state index in [1.54, 1.807) is 4.68 Å². The number of rotatable bonds is 19. The van der Waals surface area contributed by atoms with Gasteiger partial charge in [-0.15, -0.1) is 5.10 Å². The molecule has 0 aliphatic carbocycles. The van der Waals surface area contributed by atoms with Crippen molar-refractivity contribution >= 4 is 0 Å². The Bertz CT molecular complexity index is 2200. The van der Waals surface area contributed by atoms with Gasteiger partial charge in [-0.25, -0.2) is 8.78 Å². The molecular formula is C49H52F2N2O7. The maximum atomic E-state index is 15.5. The Morgan fingerprint density at radius 1 is 0.633 bits per heavy atom. The lowest BCUT2D eigenvalue weighted by Crippen LogP contribution is -2.62. The molecule has 314 valence electrons. The summed E-state index contributed by atoms with van der Waals surface area (Å²) in [4.78, 5) is 0. The Morgan fingerprint density at radius 2 is 1.10 bits per heavy atom. The number of hydrogen-bond acceptors (Lipinski definition) is 8. The normalized spacial score (nSPS) is 19.1. The zero-order valence-corrected chi connectivity index (χ0v) is 34.4. The quantitative estimate of drug-likeness (QED) is 0.0800. The second-order valence-corrected chi connectivity index (χ2v) is 15.1. The van der Waals surface area contributed by atoms with Gasteiger partial charge in [0, 0.05) is 41.4 Å². The zero-order chi connectivity index (χ0) is 41.8.